The third-order valence-electron chi connectivity index (χ3n) is 5.10. The zero-order chi connectivity index (χ0) is 22.1. The highest BCUT2D eigenvalue weighted by Gasteiger charge is 2.42. The quantitative estimate of drug-likeness (QED) is 0.534. The van der Waals surface area contributed by atoms with Crippen molar-refractivity contribution in [3.63, 3.8) is 0 Å². The third kappa shape index (κ3) is 4.31. The molecule has 0 saturated carbocycles. The summed E-state index contributed by atoms with van der Waals surface area (Å²) >= 11 is 3.17. The van der Waals surface area contributed by atoms with Crippen LogP contribution in [-0.2, 0) is 11.3 Å². The van der Waals surface area contributed by atoms with Gasteiger partial charge in [0.2, 0.25) is 5.91 Å². The normalized spacial score (nSPS) is 14.3. The highest BCUT2D eigenvalue weighted by atomic mass is 32.1. The Kier molecular flexibility index (Phi) is 6.02. The Labute approximate surface area is 188 Å². The van der Waals surface area contributed by atoms with Crippen LogP contribution in [-0.4, -0.2) is 33.6 Å². The van der Waals surface area contributed by atoms with Gasteiger partial charge in [0.1, 0.15) is 6.04 Å². The number of nitrogens with zero attached hydrogens (tertiary/aromatic N) is 2. The zero-order valence-electron chi connectivity index (χ0n) is 17.5. The van der Waals surface area contributed by atoms with Crippen molar-refractivity contribution in [3.8, 4) is 10.6 Å². The first kappa shape index (κ1) is 21.4. The van der Waals surface area contributed by atoms with Gasteiger partial charge in [-0.05, 0) is 43.5 Å². The molecule has 2 aromatic heterocycles. The van der Waals surface area contributed by atoms with Gasteiger partial charge in [0.05, 0.1) is 33.3 Å². The first-order valence-electron chi connectivity index (χ1n) is 10.1. The second-order valence-electron chi connectivity index (χ2n) is 7.91. The van der Waals surface area contributed by atoms with Crippen LogP contribution >= 0.6 is 22.7 Å². The molecule has 6 nitrogen and oxygen atoms in total. The minimum Gasteiger partial charge on any atom is -0.349 e. The number of thiophene rings is 1. The Morgan fingerprint density at radius 1 is 1.10 bits per heavy atom. The van der Waals surface area contributed by atoms with Crippen molar-refractivity contribution in [2.24, 2.45) is 5.92 Å². The molecular formula is C23H23N3O3S2. The van der Waals surface area contributed by atoms with E-state index in [1.807, 2.05) is 38.3 Å². The van der Waals surface area contributed by atoms with Gasteiger partial charge in [0.25, 0.3) is 11.8 Å². The van der Waals surface area contributed by atoms with Crippen LogP contribution in [0, 0.1) is 12.8 Å². The van der Waals surface area contributed by atoms with E-state index in [1.165, 1.54) is 0 Å². The van der Waals surface area contributed by atoms with Gasteiger partial charge >= 0.3 is 0 Å². The van der Waals surface area contributed by atoms with Crippen LogP contribution in [0.2, 0.25) is 0 Å². The predicted octanol–water partition coefficient (Wildman–Crippen LogP) is 4.51. The summed E-state index contributed by atoms with van der Waals surface area (Å²) in [6, 6.07) is 9.84. The molecule has 0 fully saturated rings. The van der Waals surface area contributed by atoms with Gasteiger partial charge in [-0.25, -0.2) is 4.98 Å². The molecule has 1 aromatic carbocycles. The lowest BCUT2D eigenvalue weighted by molar-refractivity contribution is -0.125. The number of rotatable bonds is 7. The van der Waals surface area contributed by atoms with Crippen LogP contribution in [0.1, 0.15) is 50.9 Å². The molecule has 1 atom stereocenters. The molecule has 8 heteroatoms. The van der Waals surface area contributed by atoms with Crippen molar-refractivity contribution >= 4 is 40.4 Å². The van der Waals surface area contributed by atoms with Gasteiger partial charge in [0.15, 0.2) is 0 Å². The molecule has 0 bridgehead atoms. The Hall–Kier alpha value is -2.84. The molecular weight excluding hydrogens is 430 g/mol. The number of thiazole rings is 1. The van der Waals surface area contributed by atoms with Crippen molar-refractivity contribution in [1.29, 1.82) is 0 Å². The van der Waals surface area contributed by atoms with Crippen LogP contribution in [0.25, 0.3) is 10.6 Å². The summed E-state index contributed by atoms with van der Waals surface area (Å²) in [5.41, 5.74) is 1.65. The first-order chi connectivity index (χ1) is 14.8. The van der Waals surface area contributed by atoms with Crippen molar-refractivity contribution in [2.45, 2.75) is 39.8 Å². The van der Waals surface area contributed by atoms with Crippen LogP contribution in [0.3, 0.4) is 0 Å². The van der Waals surface area contributed by atoms with Crippen molar-refractivity contribution in [3.05, 3.63) is 62.8 Å². The summed E-state index contributed by atoms with van der Waals surface area (Å²) in [6.07, 6.45) is 0.408. The van der Waals surface area contributed by atoms with Gasteiger partial charge in [-0.3, -0.25) is 19.3 Å². The number of carbonyl (C=O) groups is 3. The standard InChI is InChI=1S/C23H23N3O3S2/c1-13(2)10-19(26-22(28)16-6-4-5-7-17(16)23(26)29)21(27)24-11-15-8-9-20(31-15)18-12-30-14(3)25-18/h4-9,12-13,19H,10-11H2,1-3H3,(H,24,27). The fourth-order valence-electron chi connectivity index (χ4n) is 3.65. The van der Waals surface area contributed by atoms with Crippen LogP contribution < -0.4 is 5.32 Å². The molecule has 1 N–H and O–H groups in total. The smallest absolute Gasteiger partial charge is 0.262 e. The largest absolute Gasteiger partial charge is 0.349 e. The number of aromatic nitrogens is 1. The van der Waals surface area contributed by atoms with Gasteiger partial charge in [-0.2, -0.15) is 0 Å². The Morgan fingerprint density at radius 2 is 1.77 bits per heavy atom. The maximum absolute atomic E-state index is 13.1. The zero-order valence-corrected chi connectivity index (χ0v) is 19.2. The molecule has 31 heavy (non-hydrogen) atoms. The summed E-state index contributed by atoms with van der Waals surface area (Å²) in [6.45, 7) is 6.25. The Morgan fingerprint density at radius 3 is 2.35 bits per heavy atom. The molecule has 3 aromatic rings. The highest BCUT2D eigenvalue weighted by molar-refractivity contribution is 7.16. The van der Waals surface area contributed by atoms with Crippen LogP contribution in [0.4, 0.5) is 0 Å². The van der Waals surface area contributed by atoms with Crippen molar-refractivity contribution < 1.29 is 14.4 Å². The van der Waals surface area contributed by atoms with E-state index in [0.29, 0.717) is 24.1 Å². The number of imide groups is 1. The highest BCUT2D eigenvalue weighted by Crippen LogP contribution is 2.30. The average Bonchev–Trinajstić information content (AvgIpc) is 3.44. The number of hydrogen-bond acceptors (Lipinski definition) is 6. The number of hydrogen-bond donors (Lipinski definition) is 1. The number of fused-ring (bicyclic) bond motifs is 1. The summed E-state index contributed by atoms with van der Waals surface area (Å²) in [5, 5.41) is 5.95. The van der Waals surface area contributed by atoms with E-state index < -0.39 is 17.9 Å². The maximum Gasteiger partial charge on any atom is 0.262 e. The lowest BCUT2D eigenvalue weighted by atomic mass is 10.0. The topological polar surface area (TPSA) is 79.4 Å². The van der Waals surface area contributed by atoms with E-state index in [2.05, 4.69) is 10.3 Å². The van der Waals surface area contributed by atoms with E-state index in [9.17, 15) is 14.4 Å². The summed E-state index contributed by atoms with van der Waals surface area (Å²) < 4.78 is 0. The summed E-state index contributed by atoms with van der Waals surface area (Å²) in [7, 11) is 0. The summed E-state index contributed by atoms with van der Waals surface area (Å²) in [4.78, 5) is 46.5. The van der Waals surface area contributed by atoms with Crippen LogP contribution in [0.5, 0.6) is 0 Å². The average molecular weight is 454 g/mol. The molecule has 0 radical (unpaired) electrons. The molecule has 3 amide bonds. The van der Waals surface area contributed by atoms with Gasteiger partial charge < -0.3 is 5.32 Å². The molecule has 1 aliphatic rings. The van der Waals surface area contributed by atoms with Crippen molar-refractivity contribution in [1.82, 2.24) is 15.2 Å². The fraction of sp³-hybridized carbons (Fsp3) is 0.304. The lowest BCUT2D eigenvalue weighted by Crippen LogP contribution is -2.50. The molecule has 160 valence electrons. The van der Waals surface area contributed by atoms with E-state index in [4.69, 9.17) is 0 Å². The first-order valence-corrected chi connectivity index (χ1v) is 11.8. The molecule has 0 aliphatic carbocycles. The maximum atomic E-state index is 13.1. The summed E-state index contributed by atoms with van der Waals surface area (Å²) in [5.74, 6) is -0.985. The second kappa shape index (κ2) is 8.72. The lowest BCUT2D eigenvalue weighted by Gasteiger charge is -2.26. The molecule has 3 heterocycles. The fourth-order valence-corrected chi connectivity index (χ4v) is 5.24. The van der Waals surface area contributed by atoms with Crippen LogP contribution in [0.15, 0.2) is 41.8 Å². The SMILES string of the molecule is Cc1nc(-c2ccc(CNC(=O)C(CC(C)C)N3C(=O)c4ccccc4C3=O)s2)cs1. The number of amides is 3. The van der Waals surface area contributed by atoms with E-state index in [-0.39, 0.29) is 11.8 Å². The minimum atomic E-state index is -0.840. The molecule has 1 unspecified atom stereocenters. The third-order valence-corrected chi connectivity index (χ3v) is 6.99. The number of nitrogens with one attached hydrogen (secondary N) is 1. The van der Waals surface area contributed by atoms with Gasteiger partial charge in [-0.15, -0.1) is 22.7 Å². The van der Waals surface area contributed by atoms with Crippen molar-refractivity contribution in [2.75, 3.05) is 0 Å². The van der Waals surface area contributed by atoms with E-state index in [0.717, 1.165) is 25.4 Å². The number of carbonyl (C=O) groups excluding carboxylic acids is 3. The minimum absolute atomic E-state index is 0.140. The number of benzene rings is 1. The molecule has 0 saturated heterocycles. The predicted molar refractivity (Wildman–Crippen MR) is 122 cm³/mol. The monoisotopic (exact) mass is 453 g/mol. The van der Waals surface area contributed by atoms with Gasteiger partial charge in [-0.1, -0.05) is 26.0 Å². The Balaban J connectivity index is 1.49. The molecule has 1 aliphatic heterocycles. The second-order valence-corrected chi connectivity index (χ2v) is 10.1. The van der Waals surface area contributed by atoms with E-state index in [1.54, 1.807) is 46.9 Å². The van der Waals surface area contributed by atoms with Gasteiger partial charge in [0, 0.05) is 10.3 Å². The van der Waals surface area contributed by atoms with E-state index >= 15 is 0 Å². The number of aryl methyl sites for hydroxylation is 1. The molecule has 0 spiro atoms. The Bertz CT molecular complexity index is 1110. The molecule has 4 rings (SSSR count).